The van der Waals surface area contributed by atoms with Gasteiger partial charge in [0.15, 0.2) is 0 Å². The fraction of sp³-hybridized carbons (Fsp3) is 0.200. The van der Waals surface area contributed by atoms with Gasteiger partial charge < -0.3 is 5.73 Å². The van der Waals surface area contributed by atoms with Gasteiger partial charge in [-0.15, -0.1) is 0 Å². The van der Waals surface area contributed by atoms with Crippen LogP contribution >= 0.6 is 0 Å². The average Bonchev–Trinajstić information content (AvgIpc) is 2.19. The highest BCUT2D eigenvalue weighted by atomic mass is 19.1. The van der Waals surface area contributed by atoms with Crippen LogP contribution in [0.15, 0.2) is 30.1 Å². The van der Waals surface area contributed by atoms with Crippen LogP contribution in [0.1, 0.15) is 5.56 Å². The van der Waals surface area contributed by atoms with Crippen molar-refractivity contribution in [3.63, 3.8) is 0 Å². The van der Waals surface area contributed by atoms with Crippen molar-refractivity contribution in [1.29, 1.82) is 0 Å². The molecule has 0 bridgehead atoms. The highest BCUT2D eigenvalue weighted by Crippen LogP contribution is 2.13. The highest BCUT2D eigenvalue weighted by molar-refractivity contribution is 5.24. The second-order valence-electron chi connectivity index (χ2n) is 2.88. The minimum Gasteiger partial charge on any atom is -0.327 e. The van der Waals surface area contributed by atoms with Crippen LogP contribution < -0.4 is 5.73 Å². The molecule has 1 aromatic carbocycles. The Hall–Kier alpha value is -1.29. The molecule has 2 N–H and O–H groups in total. The number of rotatable bonds is 3. The van der Waals surface area contributed by atoms with E-state index in [2.05, 4.69) is 0 Å². The van der Waals surface area contributed by atoms with E-state index in [1.54, 1.807) is 0 Å². The van der Waals surface area contributed by atoms with Crippen LogP contribution in [0.4, 0.5) is 13.2 Å². The van der Waals surface area contributed by atoms with Crippen LogP contribution in [0.2, 0.25) is 0 Å². The zero-order valence-electron chi connectivity index (χ0n) is 7.43. The molecule has 0 aromatic heterocycles. The largest absolute Gasteiger partial charge is 0.327 e. The molecule has 0 heterocycles. The summed E-state index contributed by atoms with van der Waals surface area (Å²) in [7, 11) is 0. The molecular formula is C10H10F3N. The van der Waals surface area contributed by atoms with E-state index in [1.807, 2.05) is 0 Å². The third-order valence-electron chi connectivity index (χ3n) is 1.84. The SMILES string of the molecule is NCC(=CF)Cc1cc(F)ccc1F. The van der Waals surface area contributed by atoms with Crippen molar-refractivity contribution >= 4 is 0 Å². The van der Waals surface area contributed by atoms with Crippen molar-refractivity contribution in [2.24, 2.45) is 5.73 Å². The van der Waals surface area contributed by atoms with E-state index < -0.39 is 11.6 Å². The van der Waals surface area contributed by atoms with E-state index in [4.69, 9.17) is 5.73 Å². The molecule has 0 fully saturated rings. The van der Waals surface area contributed by atoms with E-state index in [-0.39, 0.29) is 24.1 Å². The van der Waals surface area contributed by atoms with Gasteiger partial charge in [0.1, 0.15) is 11.6 Å². The molecule has 0 aliphatic rings. The summed E-state index contributed by atoms with van der Waals surface area (Å²) in [6.45, 7) is -0.00749. The summed E-state index contributed by atoms with van der Waals surface area (Å²) in [6.07, 6.45) is 0.320. The van der Waals surface area contributed by atoms with Crippen molar-refractivity contribution in [3.05, 3.63) is 47.3 Å². The Labute approximate surface area is 80.0 Å². The standard InChI is InChI=1S/C10H10F3N/c11-5-7(6-14)3-8-4-9(12)1-2-10(8)13/h1-2,4-5H,3,6,14H2. The Morgan fingerprint density at radius 3 is 2.64 bits per heavy atom. The van der Waals surface area contributed by atoms with Gasteiger partial charge in [-0.3, -0.25) is 0 Å². The number of benzene rings is 1. The average molecular weight is 201 g/mol. The Bertz CT molecular complexity index is 347. The van der Waals surface area contributed by atoms with Crippen LogP contribution in [-0.4, -0.2) is 6.54 Å². The topological polar surface area (TPSA) is 26.0 Å². The molecule has 1 aromatic rings. The maximum atomic E-state index is 13.0. The lowest BCUT2D eigenvalue weighted by Gasteiger charge is -2.04. The Morgan fingerprint density at radius 1 is 1.36 bits per heavy atom. The minimum absolute atomic E-state index is 0.00338. The van der Waals surface area contributed by atoms with Gasteiger partial charge in [0.25, 0.3) is 0 Å². The van der Waals surface area contributed by atoms with Crippen LogP contribution in [0, 0.1) is 11.6 Å². The second kappa shape index (κ2) is 4.81. The molecule has 0 unspecified atom stereocenters. The Morgan fingerprint density at radius 2 is 2.07 bits per heavy atom. The number of hydrogen-bond donors (Lipinski definition) is 1. The molecule has 14 heavy (non-hydrogen) atoms. The lowest BCUT2D eigenvalue weighted by Crippen LogP contribution is -2.06. The predicted octanol–water partition coefficient (Wildman–Crippen LogP) is 2.32. The van der Waals surface area contributed by atoms with Gasteiger partial charge in [0.05, 0.1) is 6.33 Å². The molecule has 0 radical (unpaired) electrons. The Balaban J connectivity index is 2.90. The third-order valence-corrected chi connectivity index (χ3v) is 1.84. The summed E-state index contributed by atoms with van der Waals surface area (Å²) < 4.78 is 37.9. The summed E-state index contributed by atoms with van der Waals surface area (Å²) in [6, 6.07) is 3.06. The highest BCUT2D eigenvalue weighted by Gasteiger charge is 2.05. The number of nitrogens with two attached hydrogens (primary N) is 1. The van der Waals surface area contributed by atoms with Crippen LogP contribution in [0.25, 0.3) is 0 Å². The van der Waals surface area contributed by atoms with Gasteiger partial charge in [-0.25, -0.2) is 13.2 Å². The zero-order valence-corrected chi connectivity index (χ0v) is 7.43. The van der Waals surface area contributed by atoms with Crippen molar-refractivity contribution < 1.29 is 13.2 Å². The first-order valence-electron chi connectivity index (χ1n) is 4.09. The van der Waals surface area contributed by atoms with Crippen molar-refractivity contribution in [1.82, 2.24) is 0 Å². The van der Waals surface area contributed by atoms with E-state index >= 15 is 0 Å². The smallest absolute Gasteiger partial charge is 0.126 e. The molecule has 1 rings (SSSR count). The lowest BCUT2D eigenvalue weighted by molar-refractivity contribution is 0.586. The van der Waals surface area contributed by atoms with Crippen LogP contribution in [0.3, 0.4) is 0 Å². The fourth-order valence-electron chi connectivity index (χ4n) is 1.08. The van der Waals surface area contributed by atoms with Gasteiger partial charge in [-0.2, -0.15) is 0 Å². The van der Waals surface area contributed by atoms with Gasteiger partial charge in [-0.05, 0) is 29.3 Å². The van der Waals surface area contributed by atoms with Crippen molar-refractivity contribution in [3.8, 4) is 0 Å². The quantitative estimate of drug-likeness (QED) is 0.797. The molecule has 0 aliphatic carbocycles. The minimum atomic E-state index is -0.556. The molecule has 0 aliphatic heterocycles. The van der Waals surface area contributed by atoms with E-state index in [0.717, 1.165) is 18.2 Å². The summed E-state index contributed by atoms with van der Waals surface area (Å²) in [5.74, 6) is -1.10. The van der Waals surface area contributed by atoms with Crippen molar-refractivity contribution in [2.75, 3.05) is 6.54 Å². The number of halogens is 3. The van der Waals surface area contributed by atoms with E-state index in [1.165, 1.54) is 0 Å². The summed E-state index contributed by atoms with van der Waals surface area (Å²) in [4.78, 5) is 0. The molecule has 0 spiro atoms. The summed E-state index contributed by atoms with van der Waals surface area (Å²) in [5, 5.41) is 0. The monoisotopic (exact) mass is 201 g/mol. The van der Waals surface area contributed by atoms with Gasteiger partial charge in [0.2, 0.25) is 0 Å². The zero-order chi connectivity index (χ0) is 10.6. The van der Waals surface area contributed by atoms with Crippen LogP contribution in [0.5, 0.6) is 0 Å². The normalized spacial score (nSPS) is 11.9. The third kappa shape index (κ3) is 2.60. The predicted molar refractivity (Wildman–Crippen MR) is 48.3 cm³/mol. The first-order valence-corrected chi connectivity index (χ1v) is 4.09. The number of hydrogen-bond acceptors (Lipinski definition) is 1. The second-order valence-corrected chi connectivity index (χ2v) is 2.88. The molecule has 4 heteroatoms. The Kier molecular flexibility index (Phi) is 3.71. The van der Waals surface area contributed by atoms with Gasteiger partial charge >= 0.3 is 0 Å². The summed E-state index contributed by atoms with van der Waals surface area (Å²) >= 11 is 0. The molecule has 0 atom stereocenters. The first-order chi connectivity index (χ1) is 6.67. The van der Waals surface area contributed by atoms with Gasteiger partial charge in [-0.1, -0.05) is 0 Å². The van der Waals surface area contributed by atoms with Crippen LogP contribution in [-0.2, 0) is 6.42 Å². The molecule has 0 saturated carbocycles. The van der Waals surface area contributed by atoms with E-state index in [9.17, 15) is 13.2 Å². The van der Waals surface area contributed by atoms with E-state index in [0.29, 0.717) is 6.33 Å². The molecule has 76 valence electrons. The maximum Gasteiger partial charge on any atom is 0.126 e. The lowest BCUT2D eigenvalue weighted by atomic mass is 10.1. The maximum absolute atomic E-state index is 13.0. The molecule has 0 saturated heterocycles. The van der Waals surface area contributed by atoms with Crippen molar-refractivity contribution in [2.45, 2.75) is 6.42 Å². The fourth-order valence-corrected chi connectivity index (χ4v) is 1.08. The molecule has 0 amide bonds. The first kappa shape index (κ1) is 10.8. The molecule has 1 nitrogen and oxygen atoms in total. The summed E-state index contributed by atoms with van der Waals surface area (Å²) in [5.41, 5.74) is 5.54. The molecular weight excluding hydrogens is 191 g/mol. The van der Waals surface area contributed by atoms with Gasteiger partial charge in [0, 0.05) is 13.0 Å².